The van der Waals surface area contributed by atoms with Crippen molar-refractivity contribution in [1.82, 2.24) is 4.90 Å². The van der Waals surface area contributed by atoms with Crippen molar-refractivity contribution in [3.8, 4) is 5.75 Å². The molecule has 1 unspecified atom stereocenters. The predicted molar refractivity (Wildman–Crippen MR) is 117 cm³/mol. The fourth-order valence-corrected chi connectivity index (χ4v) is 4.25. The maximum atomic E-state index is 12.2. The minimum absolute atomic E-state index is 0.0471. The summed E-state index contributed by atoms with van der Waals surface area (Å²) >= 11 is 7.66. The van der Waals surface area contributed by atoms with Crippen molar-refractivity contribution < 1.29 is 9.90 Å². The van der Waals surface area contributed by atoms with Gasteiger partial charge < -0.3 is 20.6 Å². The van der Waals surface area contributed by atoms with E-state index < -0.39 is 10.9 Å². The Labute approximate surface area is 176 Å². The summed E-state index contributed by atoms with van der Waals surface area (Å²) in [5.41, 5.74) is -0.900. The molecule has 9 heteroatoms. The van der Waals surface area contributed by atoms with Gasteiger partial charge in [-0.2, -0.15) is 0 Å². The van der Waals surface area contributed by atoms with E-state index in [1.807, 2.05) is 12.3 Å². The van der Waals surface area contributed by atoms with Gasteiger partial charge in [-0.15, -0.1) is 11.3 Å². The molecule has 0 saturated carbocycles. The minimum atomic E-state index is -0.691. The number of para-hydroxylation sites is 1. The van der Waals surface area contributed by atoms with Gasteiger partial charge in [0.1, 0.15) is 11.4 Å². The third-order valence-electron chi connectivity index (χ3n) is 4.53. The van der Waals surface area contributed by atoms with Crippen LogP contribution in [0.2, 0.25) is 5.02 Å². The molecule has 0 saturated heterocycles. The molecule has 29 heavy (non-hydrogen) atoms. The SMILES string of the molecule is CCC(Nc1c(Nc2cccc(C(=O)N(C)C)c2O)c(=O)c1=O)c1sccc1Cl. The van der Waals surface area contributed by atoms with Crippen LogP contribution >= 0.6 is 22.9 Å². The summed E-state index contributed by atoms with van der Waals surface area (Å²) in [6.45, 7) is 1.94. The first-order valence-corrected chi connectivity index (χ1v) is 10.1. The number of hydrogen-bond donors (Lipinski definition) is 3. The molecule has 0 aliphatic carbocycles. The normalized spacial score (nSPS) is 12.0. The molecule has 1 heterocycles. The molecule has 0 fully saturated rings. The van der Waals surface area contributed by atoms with Crippen LogP contribution in [0.1, 0.15) is 34.6 Å². The number of carbonyl (C=O) groups excluding carboxylic acids is 1. The van der Waals surface area contributed by atoms with Crippen molar-refractivity contribution in [3.05, 3.63) is 65.6 Å². The monoisotopic (exact) mass is 433 g/mol. The summed E-state index contributed by atoms with van der Waals surface area (Å²) in [7, 11) is 3.14. The quantitative estimate of drug-likeness (QED) is 0.388. The van der Waals surface area contributed by atoms with Crippen LogP contribution < -0.4 is 21.5 Å². The van der Waals surface area contributed by atoms with Gasteiger partial charge in [0.25, 0.3) is 16.8 Å². The second-order valence-electron chi connectivity index (χ2n) is 6.67. The van der Waals surface area contributed by atoms with E-state index in [9.17, 15) is 19.5 Å². The summed E-state index contributed by atoms with van der Waals surface area (Å²) in [5.74, 6) is -0.675. The number of benzene rings is 1. The molecule has 3 aromatic rings. The smallest absolute Gasteiger partial charge is 0.257 e. The Kier molecular flexibility index (Phi) is 5.95. The van der Waals surface area contributed by atoms with Crippen LogP contribution in [0, 0.1) is 0 Å². The molecule has 0 bridgehead atoms. The number of anilines is 3. The zero-order chi connectivity index (χ0) is 21.3. The summed E-state index contributed by atoms with van der Waals surface area (Å²) < 4.78 is 0. The van der Waals surface area contributed by atoms with E-state index >= 15 is 0 Å². The van der Waals surface area contributed by atoms with Gasteiger partial charge in [0, 0.05) is 19.0 Å². The number of nitrogens with zero attached hydrogens (tertiary/aromatic N) is 1. The number of phenolic OH excluding ortho intramolecular Hbond substituents is 1. The third kappa shape index (κ3) is 3.86. The van der Waals surface area contributed by atoms with Gasteiger partial charge in [-0.25, -0.2) is 0 Å². The summed E-state index contributed by atoms with van der Waals surface area (Å²) in [4.78, 5) is 38.7. The first kappa shape index (κ1) is 20.9. The minimum Gasteiger partial charge on any atom is -0.505 e. The highest BCUT2D eigenvalue weighted by atomic mass is 35.5. The number of rotatable bonds is 7. The molecule has 0 aliphatic heterocycles. The van der Waals surface area contributed by atoms with E-state index in [0.717, 1.165) is 4.88 Å². The number of hydrogen-bond acceptors (Lipinski definition) is 7. The average molecular weight is 434 g/mol. The largest absolute Gasteiger partial charge is 0.505 e. The zero-order valence-electron chi connectivity index (χ0n) is 16.1. The second-order valence-corrected chi connectivity index (χ2v) is 8.03. The lowest BCUT2D eigenvalue weighted by Crippen LogP contribution is -2.37. The van der Waals surface area contributed by atoms with Crippen LogP contribution in [0.3, 0.4) is 0 Å². The van der Waals surface area contributed by atoms with Crippen LogP contribution in [-0.2, 0) is 0 Å². The van der Waals surface area contributed by atoms with Gasteiger partial charge in [0.2, 0.25) is 0 Å². The third-order valence-corrected chi connectivity index (χ3v) is 6.00. The molecule has 1 aromatic heterocycles. The molecule has 0 spiro atoms. The van der Waals surface area contributed by atoms with E-state index in [2.05, 4.69) is 10.6 Å². The topological polar surface area (TPSA) is 98.7 Å². The van der Waals surface area contributed by atoms with Gasteiger partial charge >= 0.3 is 0 Å². The molecule has 0 aliphatic rings. The molecule has 1 amide bonds. The Morgan fingerprint density at radius 2 is 1.90 bits per heavy atom. The Bertz CT molecular complexity index is 1130. The van der Waals surface area contributed by atoms with Crippen molar-refractivity contribution in [1.29, 1.82) is 0 Å². The Morgan fingerprint density at radius 1 is 1.21 bits per heavy atom. The maximum absolute atomic E-state index is 12.2. The van der Waals surface area contributed by atoms with E-state index in [0.29, 0.717) is 11.4 Å². The van der Waals surface area contributed by atoms with E-state index in [1.54, 1.807) is 26.2 Å². The van der Waals surface area contributed by atoms with E-state index in [4.69, 9.17) is 11.6 Å². The molecule has 2 aromatic carbocycles. The van der Waals surface area contributed by atoms with Crippen molar-refractivity contribution >= 4 is 45.9 Å². The van der Waals surface area contributed by atoms with Gasteiger partial charge in [0.15, 0.2) is 5.75 Å². The molecule has 3 N–H and O–H groups in total. The fraction of sp³-hybridized carbons (Fsp3) is 0.250. The lowest BCUT2D eigenvalue weighted by atomic mass is 10.1. The molecule has 1 atom stereocenters. The Balaban J connectivity index is 1.91. The summed E-state index contributed by atoms with van der Waals surface area (Å²) in [5, 5.41) is 18.8. The van der Waals surface area contributed by atoms with Crippen molar-refractivity contribution in [2.24, 2.45) is 0 Å². The van der Waals surface area contributed by atoms with Crippen molar-refractivity contribution in [3.63, 3.8) is 0 Å². The zero-order valence-corrected chi connectivity index (χ0v) is 17.6. The van der Waals surface area contributed by atoms with Crippen molar-refractivity contribution in [2.45, 2.75) is 19.4 Å². The summed E-state index contributed by atoms with van der Waals surface area (Å²) in [6, 6.07) is 6.13. The highest BCUT2D eigenvalue weighted by molar-refractivity contribution is 7.10. The first-order valence-electron chi connectivity index (χ1n) is 8.89. The second kappa shape index (κ2) is 8.26. The summed E-state index contributed by atoms with van der Waals surface area (Å²) in [6.07, 6.45) is 0.649. The van der Waals surface area contributed by atoms with Crippen LogP contribution in [0.15, 0.2) is 39.2 Å². The standard InChI is InChI=1S/C20H20ClN3O4S/c1-4-12(19-11(21)8-9-29-19)22-14-15(18(27)17(14)26)23-13-7-5-6-10(16(13)25)20(28)24(2)3/h5-9,12,22-23,25H,4H2,1-3H3. The molecular weight excluding hydrogens is 414 g/mol. The number of thiophene rings is 1. The van der Waals surface area contributed by atoms with Crippen molar-refractivity contribution in [2.75, 3.05) is 24.7 Å². The van der Waals surface area contributed by atoms with Crippen LogP contribution in [0.5, 0.6) is 5.75 Å². The van der Waals surface area contributed by atoms with E-state index in [1.165, 1.54) is 28.4 Å². The number of carbonyl (C=O) groups is 1. The highest BCUT2D eigenvalue weighted by Gasteiger charge is 2.26. The Morgan fingerprint density at radius 3 is 2.48 bits per heavy atom. The van der Waals surface area contributed by atoms with Crippen LogP contribution in [0.4, 0.5) is 17.1 Å². The van der Waals surface area contributed by atoms with Gasteiger partial charge in [0.05, 0.1) is 22.3 Å². The number of aromatic hydroxyl groups is 1. The van der Waals surface area contributed by atoms with Gasteiger partial charge in [-0.1, -0.05) is 24.6 Å². The highest BCUT2D eigenvalue weighted by Crippen LogP contribution is 2.36. The lowest BCUT2D eigenvalue weighted by Gasteiger charge is -2.22. The molecule has 0 radical (unpaired) electrons. The molecular formula is C20H20ClN3O4S. The number of halogens is 1. The van der Waals surface area contributed by atoms with Gasteiger partial charge in [-0.3, -0.25) is 14.4 Å². The number of phenols is 1. The van der Waals surface area contributed by atoms with E-state index in [-0.39, 0.29) is 40.3 Å². The fourth-order valence-electron chi connectivity index (χ4n) is 2.92. The maximum Gasteiger partial charge on any atom is 0.257 e. The van der Waals surface area contributed by atoms with Gasteiger partial charge in [-0.05, 0) is 30.0 Å². The number of nitrogens with one attached hydrogen (secondary N) is 2. The predicted octanol–water partition coefficient (Wildman–Crippen LogP) is 3.71. The average Bonchev–Trinajstić information content (AvgIpc) is 3.13. The Hall–Kier alpha value is -2.84. The first-order chi connectivity index (χ1) is 13.8. The lowest BCUT2D eigenvalue weighted by molar-refractivity contribution is 0.0824. The number of amides is 1. The molecule has 3 rings (SSSR count). The molecule has 7 nitrogen and oxygen atoms in total. The molecule has 152 valence electrons. The van der Waals surface area contributed by atoms with Crippen LogP contribution in [-0.4, -0.2) is 30.0 Å². The van der Waals surface area contributed by atoms with Crippen LogP contribution in [0.25, 0.3) is 0 Å².